The maximum absolute atomic E-state index is 4.50. The van der Waals surface area contributed by atoms with E-state index in [0.29, 0.717) is 0 Å². The Labute approximate surface area is 131 Å². The predicted octanol–water partition coefficient (Wildman–Crippen LogP) is 4.39. The molecule has 2 aromatic heterocycles. The van der Waals surface area contributed by atoms with Crippen molar-refractivity contribution in [3.8, 4) is 0 Å². The van der Waals surface area contributed by atoms with Gasteiger partial charge < -0.3 is 5.32 Å². The molecule has 0 fully saturated rings. The van der Waals surface area contributed by atoms with Crippen LogP contribution in [0.15, 0.2) is 51.8 Å². The molecule has 2 heterocycles. The lowest BCUT2D eigenvalue weighted by atomic mass is 10.1. The summed E-state index contributed by atoms with van der Waals surface area (Å²) in [5, 5.41) is 9.00. The van der Waals surface area contributed by atoms with Gasteiger partial charge in [-0.1, -0.05) is 28.1 Å². The third-order valence-corrected chi connectivity index (χ3v) is 4.71. The van der Waals surface area contributed by atoms with E-state index in [2.05, 4.69) is 61.3 Å². The number of nitrogens with one attached hydrogen (secondary N) is 1. The van der Waals surface area contributed by atoms with Crippen LogP contribution in [-0.2, 0) is 13.0 Å². The van der Waals surface area contributed by atoms with Gasteiger partial charge in [0.2, 0.25) is 0 Å². The van der Waals surface area contributed by atoms with Gasteiger partial charge in [-0.05, 0) is 53.1 Å². The SMILES string of the molecule is Brc1ccc(CNCCc2ccsc2)c2ncccc12. The van der Waals surface area contributed by atoms with Crippen LogP contribution in [0.1, 0.15) is 11.1 Å². The van der Waals surface area contributed by atoms with E-state index in [-0.39, 0.29) is 0 Å². The number of hydrogen-bond acceptors (Lipinski definition) is 3. The molecule has 102 valence electrons. The number of halogens is 1. The zero-order chi connectivity index (χ0) is 13.8. The summed E-state index contributed by atoms with van der Waals surface area (Å²) < 4.78 is 1.10. The smallest absolute Gasteiger partial charge is 0.0758 e. The lowest BCUT2D eigenvalue weighted by molar-refractivity contribution is 0.690. The van der Waals surface area contributed by atoms with Crippen LogP contribution in [-0.4, -0.2) is 11.5 Å². The van der Waals surface area contributed by atoms with Gasteiger partial charge >= 0.3 is 0 Å². The molecule has 2 nitrogen and oxygen atoms in total. The third kappa shape index (κ3) is 3.08. The van der Waals surface area contributed by atoms with Crippen molar-refractivity contribution in [2.75, 3.05) is 6.54 Å². The summed E-state index contributed by atoms with van der Waals surface area (Å²) in [6.07, 6.45) is 2.93. The van der Waals surface area contributed by atoms with Crippen molar-refractivity contribution < 1.29 is 0 Å². The Balaban J connectivity index is 1.67. The molecule has 0 amide bonds. The first kappa shape index (κ1) is 13.7. The largest absolute Gasteiger partial charge is 0.312 e. The molecule has 0 atom stereocenters. The van der Waals surface area contributed by atoms with Crippen LogP contribution < -0.4 is 5.32 Å². The Hall–Kier alpha value is -1.23. The maximum atomic E-state index is 4.50. The zero-order valence-corrected chi connectivity index (χ0v) is 13.4. The molecule has 20 heavy (non-hydrogen) atoms. The average Bonchev–Trinajstić information content (AvgIpc) is 2.99. The van der Waals surface area contributed by atoms with Crippen LogP contribution in [0.2, 0.25) is 0 Å². The van der Waals surface area contributed by atoms with Crippen molar-refractivity contribution in [3.63, 3.8) is 0 Å². The van der Waals surface area contributed by atoms with Gasteiger partial charge in [-0.15, -0.1) is 0 Å². The predicted molar refractivity (Wildman–Crippen MR) is 89.2 cm³/mol. The zero-order valence-electron chi connectivity index (χ0n) is 11.0. The van der Waals surface area contributed by atoms with Crippen molar-refractivity contribution in [2.24, 2.45) is 0 Å². The molecule has 4 heteroatoms. The minimum absolute atomic E-state index is 0.852. The van der Waals surface area contributed by atoms with Crippen molar-refractivity contribution in [2.45, 2.75) is 13.0 Å². The van der Waals surface area contributed by atoms with E-state index in [9.17, 15) is 0 Å². The molecular weight excluding hydrogens is 332 g/mol. The van der Waals surface area contributed by atoms with E-state index in [4.69, 9.17) is 0 Å². The number of benzene rings is 1. The van der Waals surface area contributed by atoms with Gasteiger partial charge in [0.05, 0.1) is 5.52 Å². The summed E-state index contributed by atoms with van der Waals surface area (Å²) in [6.45, 7) is 1.84. The number of hydrogen-bond donors (Lipinski definition) is 1. The summed E-state index contributed by atoms with van der Waals surface area (Å²) >= 11 is 5.33. The van der Waals surface area contributed by atoms with Gasteiger partial charge in [0.15, 0.2) is 0 Å². The number of fused-ring (bicyclic) bond motifs is 1. The van der Waals surface area contributed by atoms with Crippen molar-refractivity contribution in [1.82, 2.24) is 10.3 Å². The molecule has 0 bridgehead atoms. The Bertz CT molecular complexity index is 695. The second kappa shape index (κ2) is 6.48. The quantitative estimate of drug-likeness (QED) is 0.693. The lowest BCUT2D eigenvalue weighted by Crippen LogP contribution is -2.16. The Morgan fingerprint density at radius 1 is 1.20 bits per heavy atom. The first-order chi connectivity index (χ1) is 9.84. The second-order valence-electron chi connectivity index (χ2n) is 4.66. The van der Waals surface area contributed by atoms with E-state index in [0.717, 1.165) is 29.5 Å². The minimum Gasteiger partial charge on any atom is -0.312 e. The molecule has 0 unspecified atom stereocenters. The highest BCUT2D eigenvalue weighted by Gasteiger charge is 2.04. The average molecular weight is 347 g/mol. The Morgan fingerprint density at radius 3 is 3.00 bits per heavy atom. The Morgan fingerprint density at radius 2 is 2.15 bits per heavy atom. The van der Waals surface area contributed by atoms with Gasteiger partial charge in [0.25, 0.3) is 0 Å². The summed E-state index contributed by atoms with van der Waals surface area (Å²) in [7, 11) is 0. The van der Waals surface area contributed by atoms with Crippen molar-refractivity contribution in [3.05, 3.63) is 62.9 Å². The van der Waals surface area contributed by atoms with Gasteiger partial charge in [-0.3, -0.25) is 4.98 Å². The van der Waals surface area contributed by atoms with Crippen molar-refractivity contribution >= 4 is 38.2 Å². The highest BCUT2D eigenvalue weighted by Crippen LogP contribution is 2.25. The molecule has 0 saturated heterocycles. The van der Waals surface area contributed by atoms with E-state index in [1.807, 2.05) is 12.3 Å². The fourth-order valence-corrected chi connectivity index (χ4v) is 3.38. The molecular formula is C16H15BrN2S. The highest BCUT2D eigenvalue weighted by atomic mass is 79.9. The van der Waals surface area contributed by atoms with Crippen LogP contribution in [0.5, 0.6) is 0 Å². The summed E-state index contributed by atoms with van der Waals surface area (Å²) in [6, 6.07) is 10.5. The number of pyridine rings is 1. The van der Waals surface area contributed by atoms with Crippen LogP contribution in [0, 0.1) is 0 Å². The Kier molecular flexibility index (Phi) is 4.45. The molecule has 0 radical (unpaired) electrons. The van der Waals surface area contributed by atoms with Gasteiger partial charge in [-0.2, -0.15) is 11.3 Å². The second-order valence-corrected chi connectivity index (χ2v) is 6.30. The first-order valence-corrected chi connectivity index (χ1v) is 8.32. The minimum atomic E-state index is 0.852. The number of rotatable bonds is 5. The van der Waals surface area contributed by atoms with E-state index < -0.39 is 0 Å². The van der Waals surface area contributed by atoms with E-state index in [1.165, 1.54) is 16.5 Å². The monoisotopic (exact) mass is 346 g/mol. The molecule has 3 aromatic rings. The van der Waals surface area contributed by atoms with Gasteiger partial charge in [-0.25, -0.2) is 0 Å². The topological polar surface area (TPSA) is 24.9 Å². The fraction of sp³-hybridized carbons (Fsp3) is 0.188. The fourth-order valence-electron chi connectivity index (χ4n) is 2.23. The van der Waals surface area contributed by atoms with Gasteiger partial charge in [0.1, 0.15) is 0 Å². The number of thiophene rings is 1. The number of nitrogens with zero attached hydrogens (tertiary/aromatic N) is 1. The molecule has 3 rings (SSSR count). The summed E-state index contributed by atoms with van der Waals surface area (Å²) in [5.74, 6) is 0. The highest BCUT2D eigenvalue weighted by molar-refractivity contribution is 9.10. The van der Waals surface area contributed by atoms with Crippen LogP contribution >= 0.6 is 27.3 Å². The molecule has 0 aliphatic rings. The molecule has 0 aliphatic heterocycles. The molecule has 0 aliphatic carbocycles. The number of aromatic nitrogens is 1. The van der Waals surface area contributed by atoms with Crippen molar-refractivity contribution in [1.29, 1.82) is 0 Å². The molecule has 0 spiro atoms. The normalized spacial score (nSPS) is 11.1. The van der Waals surface area contributed by atoms with Gasteiger partial charge in [0, 0.05) is 22.6 Å². The third-order valence-electron chi connectivity index (χ3n) is 3.29. The van der Waals surface area contributed by atoms with Crippen LogP contribution in [0.3, 0.4) is 0 Å². The standard InChI is InChI=1S/C16H15BrN2S/c17-15-4-3-13(16-14(15)2-1-7-19-16)10-18-8-5-12-6-9-20-11-12/h1-4,6-7,9,11,18H,5,8,10H2. The molecule has 1 N–H and O–H groups in total. The molecule has 1 aromatic carbocycles. The molecule has 0 saturated carbocycles. The summed E-state index contributed by atoms with van der Waals surface area (Å²) in [5.41, 5.74) is 3.72. The van der Waals surface area contributed by atoms with Crippen LogP contribution in [0.25, 0.3) is 10.9 Å². The summed E-state index contributed by atoms with van der Waals surface area (Å²) in [4.78, 5) is 4.50. The van der Waals surface area contributed by atoms with Crippen LogP contribution in [0.4, 0.5) is 0 Å². The maximum Gasteiger partial charge on any atom is 0.0758 e. The first-order valence-electron chi connectivity index (χ1n) is 6.58. The van der Waals surface area contributed by atoms with E-state index in [1.54, 1.807) is 11.3 Å². The lowest BCUT2D eigenvalue weighted by Gasteiger charge is -2.08. The van der Waals surface area contributed by atoms with E-state index >= 15 is 0 Å².